The number of ether oxygens (including phenoxy) is 2. The van der Waals surface area contributed by atoms with E-state index in [-0.39, 0.29) is 38.1 Å². The number of hydrogen-bond donors (Lipinski definition) is 1. The fourth-order valence-corrected chi connectivity index (χ4v) is 3.75. The highest BCUT2D eigenvalue weighted by atomic mass is 19.3. The van der Waals surface area contributed by atoms with Crippen LogP contribution in [0.1, 0.15) is 26.2 Å². The Labute approximate surface area is 167 Å². The summed E-state index contributed by atoms with van der Waals surface area (Å²) in [6, 6.07) is 1.81. The van der Waals surface area contributed by atoms with E-state index in [4.69, 9.17) is 9.47 Å². The van der Waals surface area contributed by atoms with Crippen LogP contribution in [0.3, 0.4) is 0 Å². The molecule has 1 unspecified atom stereocenters. The Morgan fingerprint density at radius 2 is 2.10 bits per heavy atom. The highest BCUT2D eigenvalue weighted by molar-refractivity contribution is 5.62. The zero-order valence-electron chi connectivity index (χ0n) is 16.6. The predicted molar refractivity (Wildman–Crippen MR) is 105 cm³/mol. The van der Waals surface area contributed by atoms with Crippen LogP contribution in [-0.4, -0.2) is 65.1 Å². The van der Waals surface area contributed by atoms with Crippen molar-refractivity contribution in [3.8, 4) is 11.4 Å². The van der Waals surface area contributed by atoms with Crippen molar-refractivity contribution < 1.29 is 18.3 Å². The molecule has 0 spiro atoms. The van der Waals surface area contributed by atoms with Crippen LogP contribution in [0.2, 0.25) is 0 Å². The third kappa shape index (κ3) is 4.45. The second-order valence-electron chi connectivity index (χ2n) is 7.55. The van der Waals surface area contributed by atoms with Crippen molar-refractivity contribution in [3.63, 3.8) is 0 Å². The summed E-state index contributed by atoms with van der Waals surface area (Å²) in [5.74, 6) is -1.95. The minimum Gasteiger partial charge on any atom is -0.382 e. The molecule has 2 aromatic heterocycles. The Morgan fingerprint density at radius 3 is 2.86 bits per heavy atom. The van der Waals surface area contributed by atoms with Crippen molar-refractivity contribution in [1.82, 2.24) is 20.2 Å². The molecule has 0 bridgehead atoms. The predicted octanol–water partition coefficient (Wildman–Crippen LogP) is 1.49. The Bertz CT molecular complexity index is 967. The largest absolute Gasteiger partial charge is 0.382 e. The molecule has 2 aliphatic rings. The first kappa shape index (κ1) is 19.9. The summed E-state index contributed by atoms with van der Waals surface area (Å²) in [7, 11) is 1.65. The number of H-pyrrole nitrogens is 1. The van der Waals surface area contributed by atoms with Gasteiger partial charge in [-0.1, -0.05) is 6.08 Å². The van der Waals surface area contributed by atoms with E-state index in [0.717, 1.165) is 17.0 Å². The number of piperidine rings is 1. The van der Waals surface area contributed by atoms with Crippen LogP contribution in [0.25, 0.3) is 23.5 Å². The lowest BCUT2D eigenvalue weighted by molar-refractivity contribution is -0.0221. The van der Waals surface area contributed by atoms with Gasteiger partial charge in [0.25, 0.3) is 5.92 Å². The second-order valence-corrected chi connectivity index (χ2v) is 7.55. The maximum atomic E-state index is 13.5. The molecule has 0 radical (unpaired) electrons. The molecule has 29 heavy (non-hydrogen) atoms. The quantitative estimate of drug-likeness (QED) is 0.785. The van der Waals surface area contributed by atoms with E-state index in [1.54, 1.807) is 7.11 Å². The number of fused-ring (bicyclic) bond motifs is 1. The van der Waals surface area contributed by atoms with Crippen molar-refractivity contribution in [2.75, 3.05) is 31.7 Å². The van der Waals surface area contributed by atoms with Crippen molar-refractivity contribution in [2.45, 2.75) is 44.3 Å². The smallest absolute Gasteiger partial charge is 0.251 e. The van der Waals surface area contributed by atoms with E-state index < -0.39 is 5.92 Å². The lowest BCUT2D eigenvalue weighted by atomic mass is 10.1. The van der Waals surface area contributed by atoms with Gasteiger partial charge in [0.15, 0.2) is 0 Å². The fraction of sp³-hybridized carbons (Fsp3) is 0.550. The zero-order valence-corrected chi connectivity index (χ0v) is 16.6. The van der Waals surface area contributed by atoms with E-state index >= 15 is 0 Å². The number of alkyl halides is 2. The first-order valence-corrected chi connectivity index (χ1v) is 9.81. The van der Waals surface area contributed by atoms with Gasteiger partial charge in [0, 0.05) is 44.3 Å². The average Bonchev–Trinajstić information content (AvgIpc) is 3.11. The SMILES string of the molecule is COC[C@H](C)OC1C=c2c(-c3cc(N4CCC(F)(F)CC4)ncn3)n[nH]c2=CC1. The average molecular weight is 405 g/mol. The zero-order chi connectivity index (χ0) is 20.4. The molecule has 2 aromatic rings. The summed E-state index contributed by atoms with van der Waals surface area (Å²) >= 11 is 0. The molecule has 7 nitrogen and oxygen atoms in total. The first-order valence-electron chi connectivity index (χ1n) is 9.81. The number of halogens is 2. The van der Waals surface area contributed by atoms with Gasteiger partial charge < -0.3 is 14.4 Å². The van der Waals surface area contributed by atoms with Gasteiger partial charge in [0.2, 0.25) is 0 Å². The molecule has 156 valence electrons. The molecule has 2 atom stereocenters. The highest BCUT2D eigenvalue weighted by Crippen LogP contribution is 2.30. The molecule has 1 aliphatic heterocycles. The van der Waals surface area contributed by atoms with Crippen LogP contribution in [0.15, 0.2) is 12.4 Å². The van der Waals surface area contributed by atoms with Crippen LogP contribution in [0.5, 0.6) is 0 Å². The maximum absolute atomic E-state index is 13.5. The summed E-state index contributed by atoms with van der Waals surface area (Å²) < 4.78 is 38.1. The molecule has 4 rings (SSSR count). The lowest BCUT2D eigenvalue weighted by Crippen LogP contribution is -2.39. The van der Waals surface area contributed by atoms with Gasteiger partial charge >= 0.3 is 0 Å². The van der Waals surface area contributed by atoms with Gasteiger partial charge in [-0.15, -0.1) is 0 Å². The van der Waals surface area contributed by atoms with Gasteiger partial charge in [-0.3, -0.25) is 5.10 Å². The molecule has 1 aliphatic carbocycles. The molecule has 1 N–H and O–H groups in total. The second kappa shape index (κ2) is 8.16. The Balaban J connectivity index is 1.59. The number of rotatable bonds is 6. The van der Waals surface area contributed by atoms with E-state index in [0.29, 0.717) is 23.8 Å². The minimum absolute atomic E-state index is 0.0190. The van der Waals surface area contributed by atoms with E-state index in [1.807, 2.05) is 24.0 Å². The Kier molecular flexibility index (Phi) is 5.60. The van der Waals surface area contributed by atoms with Crippen LogP contribution < -0.4 is 15.5 Å². The standard InChI is InChI=1S/C20H25F2N5O2/c1-13(11-28-2)29-14-3-4-16-15(9-14)19(26-25-16)17-10-18(24-12-23-17)27-7-5-20(21,22)6-8-27/h4,9-10,12-14,25H,3,5-8,11H2,1-2H3/t13-,14?/m0/s1. The van der Waals surface area contributed by atoms with Crippen LogP contribution in [0.4, 0.5) is 14.6 Å². The van der Waals surface area contributed by atoms with Crippen LogP contribution >= 0.6 is 0 Å². The number of aromatic amines is 1. The molecular weight excluding hydrogens is 380 g/mol. The monoisotopic (exact) mass is 405 g/mol. The van der Waals surface area contributed by atoms with Gasteiger partial charge in [-0.05, 0) is 19.4 Å². The van der Waals surface area contributed by atoms with Crippen LogP contribution in [0, 0.1) is 0 Å². The van der Waals surface area contributed by atoms with Gasteiger partial charge in [-0.2, -0.15) is 5.10 Å². The molecule has 0 saturated carbocycles. The van der Waals surface area contributed by atoms with E-state index in [1.165, 1.54) is 6.33 Å². The summed E-state index contributed by atoms with van der Waals surface area (Å²) in [5.41, 5.74) is 1.36. The van der Waals surface area contributed by atoms with Crippen molar-refractivity contribution in [1.29, 1.82) is 0 Å². The number of nitrogens with zero attached hydrogens (tertiary/aromatic N) is 4. The summed E-state index contributed by atoms with van der Waals surface area (Å²) in [4.78, 5) is 10.5. The van der Waals surface area contributed by atoms with Gasteiger partial charge in [0.05, 0.1) is 29.9 Å². The molecular formula is C20H25F2N5O2. The fourth-order valence-electron chi connectivity index (χ4n) is 3.75. The number of hydrogen-bond acceptors (Lipinski definition) is 6. The van der Waals surface area contributed by atoms with Crippen molar-refractivity contribution in [2.24, 2.45) is 0 Å². The molecule has 9 heteroatoms. The lowest BCUT2D eigenvalue weighted by Gasteiger charge is -2.32. The van der Waals surface area contributed by atoms with Crippen molar-refractivity contribution >= 4 is 18.0 Å². The highest BCUT2D eigenvalue weighted by Gasteiger charge is 2.34. The normalized spacial score (nSPS) is 21.8. The maximum Gasteiger partial charge on any atom is 0.251 e. The molecule has 0 amide bonds. The number of nitrogens with one attached hydrogen (secondary N) is 1. The van der Waals surface area contributed by atoms with Gasteiger partial charge in [0.1, 0.15) is 17.8 Å². The molecule has 1 saturated heterocycles. The molecule has 1 fully saturated rings. The number of anilines is 1. The summed E-state index contributed by atoms with van der Waals surface area (Å²) in [6.45, 7) is 3.05. The Hall–Kier alpha value is -2.39. The summed E-state index contributed by atoms with van der Waals surface area (Å²) in [6.07, 6.45) is 5.90. The van der Waals surface area contributed by atoms with Crippen molar-refractivity contribution in [3.05, 3.63) is 23.0 Å². The van der Waals surface area contributed by atoms with E-state index in [2.05, 4.69) is 26.2 Å². The van der Waals surface area contributed by atoms with Crippen LogP contribution in [-0.2, 0) is 9.47 Å². The number of aromatic nitrogens is 4. The topological polar surface area (TPSA) is 76.2 Å². The minimum atomic E-state index is -2.59. The number of methoxy groups -OCH3 is 1. The molecule has 3 heterocycles. The third-order valence-corrected chi connectivity index (χ3v) is 5.26. The first-order chi connectivity index (χ1) is 13.9. The summed E-state index contributed by atoms with van der Waals surface area (Å²) in [5, 5.41) is 9.33. The van der Waals surface area contributed by atoms with Gasteiger partial charge in [-0.25, -0.2) is 18.7 Å². The third-order valence-electron chi connectivity index (χ3n) is 5.26. The molecule has 0 aromatic carbocycles. The Morgan fingerprint density at radius 1 is 1.31 bits per heavy atom. The van der Waals surface area contributed by atoms with E-state index in [9.17, 15) is 8.78 Å².